The minimum absolute atomic E-state index is 0.112. The summed E-state index contributed by atoms with van der Waals surface area (Å²) in [5.41, 5.74) is -0.675. The quantitative estimate of drug-likeness (QED) is 0.715. The molecule has 1 amide bonds. The minimum Gasteiger partial charge on any atom is -0.444 e. The molecule has 0 spiro atoms. The number of carbonyl (C=O) groups is 1. The summed E-state index contributed by atoms with van der Waals surface area (Å²) in [5.74, 6) is -4.24. The van der Waals surface area contributed by atoms with Gasteiger partial charge >= 0.3 is 6.09 Å². The molecule has 0 aromatic carbocycles. The topological polar surface area (TPSA) is 49.8 Å². The molecule has 2 atom stereocenters. The summed E-state index contributed by atoms with van der Waals surface area (Å²) in [6, 6.07) is 0. The number of aliphatic hydroxyl groups excluding tert-OH is 1. The van der Waals surface area contributed by atoms with E-state index in [1.165, 1.54) is 6.92 Å². The van der Waals surface area contributed by atoms with Crippen LogP contribution in [-0.4, -0.2) is 46.8 Å². The predicted octanol–water partition coefficient (Wildman–Crippen LogP) is 1.87. The summed E-state index contributed by atoms with van der Waals surface area (Å²) in [6.07, 6.45) is -2.50. The van der Waals surface area contributed by atoms with Crippen LogP contribution in [0.5, 0.6) is 0 Å². The number of ether oxygens (including phenoxy) is 1. The second kappa shape index (κ2) is 4.40. The highest BCUT2D eigenvalue weighted by atomic mass is 19.3. The Morgan fingerprint density at radius 1 is 1.41 bits per heavy atom. The fraction of sp³-hybridized carbons (Fsp3) is 0.909. The Hall–Kier alpha value is -0.910. The van der Waals surface area contributed by atoms with Crippen molar-refractivity contribution in [3.63, 3.8) is 0 Å². The van der Waals surface area contributed by atoms with E-state index in [9.17, 15) is 18.7 Å². The lowest BCUT2D eigenvalue weighted by Crippen LogP contribution is -2.57. The highest BCUT2D eigenvalue weighted by molar-refractivity contribution is 5.68. The van der Waals surface area contributed by atoms with Gasteiger partial charge in [-0.1, -0.05) is 6.92 Å². The third-order valence-electron chi connectivity index (χ3n) is 2.64. The molecule has 0 bridgehead atoms. The van der Waals surface area contributed by atoms with Crippen LogP contribution in [0.25, 0.3) is 0 Å². The number of amides is 1. The van der Waals surface area contributed by atoms with E-state index in [0.717, 1.165) is 4.90 Å². The first-order valence-corrected chi connectivity index (χ1v) is 5.58. The van der Waals surface area contributed by atoms with E-state index in [0.29, 0.717) is 0 Å². The van der Waals surface area contributed by atoms with Crippen LogP contribution < -0.4 is 0 Å². The van der Waals surface area contributed by atoms with Gasteiger partial charge in [-0.05, 0) is 20.8 Å². The van der Waals surface area contributed by atoms with E-state index in [1.54, 1.807) is 20.8 Å². The fourth-order valence-corrected chi connectivity index (χ4v) is 1.66. The number of piperidine rings is 1. The van der Waals surface area contributed by atoms with Crippen molar-refractivity contribution in [1.82, 2.24) is 4.90 Å². The molecule has 4 nitrogen and oxygen atoms in total. The first-order chi connectivity index (χ1) is 7.54. The molecule has 1 saturated heterocycles. The molecule has 0 aromatic heterocycles. The van der Waals surface area contributed by atoms with Crippen LogP contribution in [0.1, 0.15) is 27.7 Å². The second-order valence-corrected chi connectivity index (χ2v) is 5.48. The number of aliphatic hydroxyl groups is 1. The molecule has 1 aliphatic rings. The summed E-state index contributed by atoms with van der Waals surface area (Å²) in [5, 5.41) is 9.33. The van der Waals surface area contributed by atoms with Gasteiger partial charge in [-0.3, -0.25) is 0 Å². The zero-order chi connectivity index (χ0) is 13.4. The summed E-state index contributed by atoms with van der Waals surface area (Å²) in [6.45, 7) is 5.89. The van der Waals surface area contributed by atoms with Crippen LogP contribution in [0.2, 0.25) is 0 Å². The zero-order valence-corrected chi connectivity index (χ0v) is 10.5. The third-order valence-corrected chi connectivity index (χ3v) is 2.64. The molecule has 100 valence electrons. The largest absolute Gasteiger partial charge is 0.444 e. The summed E-state index contributed by atoms with van der Waals surface area (Å²) >= 11 is 0. The van der Waals surface area contributed by atoms with Crippen molar-refractivity contribution in [2.24, 2.45) is 5.92 Å². The van der Waals surface area contributed by atoms with Gasteiger partial charge in [-0.15, -0.1) is 0 Å². The van der Waals surface area contributed by atoms with Gasteiger partial charge in [0.1, 0.15) is 11.7 Å². The van der Waals surface area contributed by atoms with E-state index in [1.807, 2.05) is 0 Å². The SMILES string of the molecule is CC1CN(C(=O)OC(C)(C)C)CC(O)C1(F)F. The van der Waals surface area contributed by atoms with Crippen LogP contribution in [0.3, 0.4) is 0 Å². The minimum atomic E-state index is -3.15. The van der Waals surface area contributed by atoms with Gasteiger partial charge < -0.3 is 14.7 Å². The molecule has 1 heterocycles. The van der Waals surface area contributed by atoms with Crippen molar-refractivity contribution in [2.45, 2.75) is 45.3 Å². The van der Waals surface area contributed by atoms with E-state index >= 15 is 0 Å². The van der Waals surface area contributed by atoms with Gasteiger partial charge in [0, 0.05) is 12.5 Å². The molecular weight excluding hydrogens is 232 g/mol. The Bertz CT molecular complexity index is 288. The number of hydrogen-bond acceptors (Lipinski definition) is 3. The summed E-state index contributed by atoms with van der Waals surface area (Å²) < 4.78 is 31.7. The van der Waals surface area contributed by atoms with Crippen molar-refractivity contribution in [3.8, 4) is 0 Å². The molecular formula is C11H19F2NO3. The summed E-state index contributed by atoms with van der Waals surface area (Å²) in [7, 11) is 0. The molecule has 1 fully saturated rings. The number of hydrogen-bond donors (Lipinski definition) is 1. The Morgan fingerprint density at radius 2 is 1.94 bits per heavy atom. The third kappa shape index (κ3) is 3.28. The lowest BCUT2D eigenvalue weighted by molar-refractivity contribution is -0.176. The zero-order valence-electron chi connectivity index (χ0n) is 10.5. The number of nitrogens with zero attached hydrogens (tertiary/aromatic N) is 1. The van der Waals surface area contributed by atoms with Gasteiger partial charge in [0.15, 0.2) is 0 Å². The van der Waals surface area contributed by atoms with Gasteiger partial charge in [0.05, 0.1) is 6.54 Å². The standard InChI is InChI=1S/C11H19F2NO3/c1-7-5-14(6-8(15)11(7,12)13)9(16)17-10(2,3)4/h7-8,15H,5-6H2,1-4H3. The Kier molecular flexibility index (Phi) is 3.66. The van der Waals surface area contributed by atoms with Gasteiger partial charge in [-0.2, -0.15) is 0 Å². The number of β-amino-alcohol motifs (C(OH)–C–C–N with tert-alkyl or cyclic N) is 1. The Morgan fingerprint density at radius 3 is 2.35 bits per heavy atom. The maximum atomic E-state index is 13.3. The maximum absolute atomic E-state index is 13.3. The normalized spacial score (nSPS) is 29.0. The van der Waals surface area contributed by atoms with Crippen molar-refractivity contribution in [2.75, 3.05) is 13.1 Å². The number of carbonyl (C=O) groups excluding carboxylic acids is 1. The molecule has 0 radical (unpaired) electrons. The van der Waals surface area contributed by atoms with Gasteiger partial charge in [-0.25, -0.2) is 13.6 Å². The monoisotopic (exact) mass is 251 g/mol. The highest BCUT2D eigenvalue weighted by Crippen LogP contribution is 2.33. The molecule has 0 saturated carbocycles. The van der Waals surface area contributed by atoms with Crippen LogP contribution in [0, 0.1) is 5.92 Å². The number of rotatable bonds is 0. The molecule has 1 N–H and O–H groups in total. The predicted molar refractivity (Wildman–Crippen MR) is 57.9 cm³/mol. The molecule has 17 heavy (non-hydrogen) atoms. The van der Waals surface area contributed by atoms with Crippen LogP contribution in [-0.2, 0) is 4.74 Å². The smallest absolute Gasteiger partial charge is 0.410 e. The summed E-state index contributed by atoms with van der Waals surface area (Å²) in [4.78, 5) is 12.8. The lowest BCUT2D eigenvalue weighted by Gasteiger charge is -2.40. The Labute approximate surface area is 99.5 Å². The number of likely N-dealkylation sites (tertiary alicyclic amines) is 1. The average molecular weight is 251 g/mol. The molecule has 1 rings (SSSR count). The van der Waals surface area contributed by atoms with E-state index in [2.05, 4.69) is 0 Å². The first-order valence-electron chi connectivity index (χ1n) is 5.58. The molecule has 2 unspecified atom stereocenters. The highest BCUT2D eigenvalue weighted by Gasteiger charge is 2.50. The fourth-order valence-electron chi connectivity index (χ4n) is 1.66. The van der Waals surface area contributed by atoms with Gasteiger partial charge in [0.2, 0.25) is 0 Å². The number of alkyl halides is 2. The molecule has 0 aromatic rings. The van der Waals surface area contributed by atoms with Crippen LogP contribution in [0.15, 0.2) is 0 Å². The van der Waals surface area contributed by atoms with Crippen molar-refractivity contribution in [3.05, 3.63) is 0 Å². The molecule has 6 heteroatoms. The first kappa shape index (κ1) is 14.2. The van der Waals surface area contributed by atoms with Crippen LogP contribution >= 0.6 is 0 Å². The van der Waals surface area contributed by atoms with E-state index in [4.69, 9.17) is 4.74 Å². The second-order valence-electron chi connectivity index (χ2n) is 5.48. The maximum Gasteiger partial charge on any atom is 0.410 e. The van der Waals surface area contributed by atoms with E-state index < -0.39 is 36.2 Å². The molecule has 0 aliphatic carbocycles. The Balaban J connectivity index is 2.68. The van der Waals surface area contributed by atoms with Gasteiger partial charge in [0.25, 0.3) is 5.92 Å². The van der Waals surface area contributed by atoms with Crippen molar-refractivity contribution in [1.29, 1.82) is 0 Å². The molecule has 1 aliphatic heterocycles. The average Bonchev–Trinajstić information content (AvgIpc) is 2.11. The number of halogens is 2. The van der Waals surface area contributed by atoms with E-state index in [-0.39, 0.29) is 6.54 Å². The van der Waals surface area contributed by atoms with Crippen molar-refractivity contribution >= 4 is 6.09 Å². The lowest BCUT2D eigenvalue weighted by atomic mass is 9.93. The van der Waals surface area contributed by atoms with Crippen LogP contribution in [0.4, 0.5) is 13.6 Å². The van der Waals surface area contributed by atoms with Crippen molar-refractivity contribution < 1.29 is 23.4 Å².